The molecule has 0 N–H and O–H groups in total. The number of hydrogen-bond acceptors (Lipinski definition) is 2. The van der Waals surface area contributed by atoms with Gasteiger partial charge in [-0.15, -0.1) is 0 Å². The van der Waals surface area contributed by atoms with Crippen LogP contribution in [0.1, 0.15) is 31.9 Å². The number of benzene rings is 3. The molecule has 0 aliphatic rings. The Bertz CT molecular complexity index is 1490. The van der Waals surface area contributed by atoms with Gasteiger partial charge in [-0.2, -0.15) is 0 Å². The number of fused-ring (bicyclic) bond motifs is 1. The van der Waals surface area contributed by atoms with Gasteiger partial charge in [0.05, 0.1) is 11.2 Å². The number of carbonyl (C=O) groups is 1. The molecule has 0 saturated heterocycles. The molecule has 4 aromatic rings. The van der Waals surface area contributed by atoms with Gasteiger partial charge in [-0.25, -0.2) is 4.99 Å². The SMILES string of the molecule is Cn1c(=O)cc(-c2cccc(Cl)c2)c2cc(/C(=N/C(=O)C(C)(C)C)c3ccc(Cl)cc3)ccc21. The second-order valence-electron chi connectivity index (χ2n) is 9.22. The van der Waals surface area contributed by atoms with Crippen molar-refractivity contribution in [2.24, 2.45) is 17.5 Å². The maximum atomic E-state index is 12.9. The fourth-order valence-corrected chi connectivity index (χ4v) is 3.99. The van der Waals surface area contributed by atoms with Crippen molar-refractivity contribution in [3.8, 4) is 11.1 Å². The fraction of sp³-hybridized carbons (Fsp3) is 0.179. The second-order valence-corrected chi connectivity index (χ2v) is 10.1. The van der Waals surface area contributed by atoms with Gasteiger partial charge in [0.2, 0.25) is 0 Å². The first-order valence-electron chi connectivity index (χ1n) is 10.8. The summed E-state index contributed by atoms with van der Waals surface area (Å²) in [4.78, 5) is 30.1. The van der Waals surface area contributed by atoms with E-state index in [1.165, 1.54) is 0 Å². The van der Waals surface area contributed by atoms with Crippen LogP contribution >= 0.6 is 23.2 Å². The maximum Gasteiger partial charge on any atom is 0.251 e. The summed E-state index contributed by atoms with van der Waals surface area (Å²) in [5.74, 6) is -0.229. The zero-order chi connectivity index (χ0) is 24.6. The Morgan fingerprint density at radius 3 is 2.18 bits per heavy atom. The molecule has 0 fully saturated rings. The van der Waals surface area contributed by atoms with Gasteiger partial charge in [0, 0.05) is 45.1 Å². The zero-order valence-electron chi connectivity index (χ0n) is 19.4. The van der Waals surface area contributed by atoms with E-state index in [0.29, 0.717) is 15.8 Å². The van der Waals surface area contributed by atoms with Crippen LogP contribution in [0.15, 0.2) is 82.6 Å². The Labute approximate surface area is 208 Å². The van der Waals surface area contributed by atoms with E-state index in [1.54, 1.807) is 35.9 Å². The monoisotopic (exact) mass is 490 g/mol. The van der Waals surface area contributed by atoms with E-state index in [0.717, 1.165) is 33.2 Å². The smallest absolute Gasteiger partial charge is 0.251 e. The highest BCUT2D eigenvalue weighted by Gasteiger charge is 2.23. The highest BCUT2D eigenvalue weighted by atomic mass is 35.5. The van der Waals surface area contributed by atoms with E-state index in [2.05, 4.69) is 4.99 Å². The van der Waals surface area contributed by atoms with Crippen LogP contribution < -0.4 is 5.56 Å². The van der Waals surface area contributed by atoms with E-state index in [4.69, 9.17) is 23.2 Å². The molecule has 1 heterocycles. The third-order valence-electron chi connectivity index (χ3n) is 5.63. The molecule has 0 atom stereocenters. The molecule has 172 valence electrons. The molecule has 1 amide bonds. The van der Waals surface area contributed by atoms with Crippen LogP contribution in [0.3, 0.4) is 0 Å². The summed E-state index contributed by atoms with van der Waals surface area (Å²) in [6, 6.07) is 22.0. The summed E-state index contributed by atoms with van der Waals surface area (Å²) < 4.78 is 1.60. The van der Waals surface area contributed by atoms with Crippen LogP contribution in [0.25, 0.3) is 22.0 Å². The molecule has 0 aliphatic carbocycles. The van der Waals surface area contributed by atoms with Crippen molar-refractivity contribution in [1.29, 1.82) is 0 Å². The number of aryl methyl sites for hydroxylation is 1. The number of pyridine rings is 1. The van der Waals surface area contributed by atoms with Crippen LogP contribution in [0, 0.1) is 5.41 Å². The van der Waals surface area contributed by atoms with Crippen molar-refractivity contribution < 1.29 is 4.79 Å². The average molecular weight is 491 g/mol. The molecule has 0 aliphatic heterocycles. The number of nitrogens with zero attached hydrogens (tertiary/aromatic N) is 2. The predicted octanol–water partition coefficient (Wildman–Crippen LogP) is 6.92. The molecule has 4 rings (SSSR count). The normalized spacial score (nSPS) is 12.2. The number of aliphatic imine (C=N–C) groups is 1. The van der Waals surface area contributed by atoms with E-state index in [1.807, 2.05) is 69.3 Å². The Morgan fingerprint density at radius 1 is 0.853 bits per heavy atom. The zero-order valence-corrected chi connectivity index (χ0v) is 20.9. The van der Waals surface area contributed by atoms with Crippen molar-refractivity contribution in [3.63, 3.8) is 0 Å². The molecule has 0 saturated carbocycles. The van der Waals surface area contributed by atoms with E-state index >= 15 is 0 Å². The van der Waals surface area contributed by atoms with Crippen LogP contribution in [-0.4, -0.2) is 16.2 Å². The summed E-state index contributed by atoms with van der Waals surface area (Å²) in [6.07, 6.45) is 0. The van der Waals surface area contributed by atoms with Crippen LogP contribution in [0.5, 0.6) is 0 Å². The van der Waals surface area contributed by atoms with Gasteiger partial charge in [-0.1, -0.05) is 74.3 Å². The fourth-order valence-electron chi connectivity index (χ4n) is 3.68. The van der Waals surface area contributed by atoms with Gasteiger partial charge in [0.15, 0.2) is 0 Å². The van der Waals surface area contributed by atoms with E-state index in [9.17, 15) is 9.59 Å². The lowest BCUT2D eigenvalue weighted by Gasteiger charge is -2.16. The lowest BCUT2D eigenvalue weighted by molar-refractivity contribution is -0.124. The molecule has 3 aromatic carbocycles. The summed E-state index contributed by atoms with van der Waals surface area (Å²) in [6.45, 7) is 5.52. The quantitative estimate of drug-likeness (QED) is 0.292. The third-order valence-corrected chi connectivity index (χ3v) is 6.12. The number of amides is 1. The highest BCUT2D eigenvalue weighted by Crippen LogP contribution is 2.30. The molecular weight excluding hydrogens is 467 g/mol. The number of aromatic nitrogens is 1. The van der Waals surface area contributed by atoms with Crippen LogP contribution in [0.2, 0.25) is 10.0 Å². The lowest BCUT2D eigenvalue weighted by atomic mass is 9.94. The number of halogens is 2. The Morgan fingerprint density at radius 2 is 1.53 bits per heavy atom. The number of rotatable bonds is 3. The minimum atomic E-state index is -0.635. The summed E-state index contributed by atoms with van der Waals surface area (Å²) in [7, 11) is 1.74. The first-order chi connectivity index (χ1) is 16.0. The molecule has 0 unspecified atom stereocenters. The first-order valence-corrected chi connectivity index (χ1v) is 11.6. The minimum absolute atomic E-state index is 0.121. The average Bonchev–Trinajstić information content (AvgIpc) is 2.79. The Hall–Kier alpha value is -3.21. The number of carbonyl (C=O) groups excluding carboxylic acids is 1. The van der Waals surface area contributed by atoms with Gasteiger partial charge < -0.3 is 4.57 Å². The third kappa shape index (κ3) is 4.84. The van der Waals surface area contributed by atoms with Crippen LogP contribution in [-0.2, 0) is 11.8 Å². The van der Waals surface area contributed by atoms with Crippen molar-refractivity contribution in [2.75, 3.05) is 0 Å². The topological polar surface area (TPSA) is 51.4 Å². The van der Waals surface area contributed by atoms with Gasteiger partial charge in [-0.3, -0.25) is 9.59 Å². The van der Waals surface area contributed by atoms with E-state index in [-0.39, 0.29) is 11.5 Å². The molecule has 0 bridgehead atoms. The molecule has 1 aromatic heterocycles. The van der Waals surface area contributed by atoms with E-state index < -0.39 is 5.41 Å². The molecule has 4 nitrogen and oxygen atoms in total. The Balaban J connectivity index is 2.01. The molecule has 6 heteroatoms. The van der Waals surface area contributed by atoms with Crippen molar-refractivity contribution in [2.45, 2.75) is 20.8 Å². The van der Waals surface area contributed by atoms with Gasteiger partial charge in [0.1, 0.15) is 0 Å². The highest BCUT2D eigenvalue weighted by molar-refractivity contribution is 6.31. The molecule has 0 spiro atoms. The van der Waals surface area contributed by atoms with Crippen molar-refractivity contribution in [3.05, 3.63) is 104 Å². The predicted molar refractivity (Wildman–Crippen MR) is 141 cm³/mol. The summed E-state index contributed by atoms with van der Waals surface area (Å²) in [5, 5.41) is 2.04. The molecule has 0 radical (unpaired) electrons. The Kier molecular flexibility index (Phi) is 6.48. The standard InChI is InChI=1S/C28H24Cl2N2O2/c1-28(2,3)27(34)31-26(17-8-11-20(29)12-9-17)19-10-13-24-23(15-19)22(16-25(33)32(24)4)18-6-5-7-21(30)14-18/h5-16H,1-4H3/b31-26+. The number of hydrogen-bond donors (Lipinski definition) is 0. The van der Waals surface area contributed by atoms with Crippen molar-refractivity contribution in [1.82, 2.24) is 4.57 Å². The van der Waals surface area contributed by atoms with Crippen molar-refractivity contribution >= 4 is 45.7 Å². The summed E-state index contributed by atoms with van der Waals surface area (Å²) in [5.41, 5.74) is 3.69. The molecule has 34 heavy (non-hydrogen) atoms. The lowest BCUT2D eigenvalue weighted by Crippen LogP contribution is -2.20. The van der Waals surface area contributed by atoms with Gasteiger partial charge >= 0.3 is 0 Å². The largest absolute Gasteiger partial charge is 0.311 e. The maximum absolute atomic E-state index is 12.9. The first kappa shape index (κ1) is 23.9. The summed E-state index contributed by atoms with van der Waals surface area (Å²) >= 11 is 12.3. The van der Waals surface area contributed by atoms with Gasteiger partial charge in [-0.05, 0) is 47.5 Å². The van der Waals surface area contributed by atoms with Gasteiger partial charge in [0.25, 0.3) is 11.5 Å². The minimum Gasteiger partial charge on any atom is -0.311 e. The second kappa shape index (κ2) is 9.21. The molecular formula is C28H24Cl2N2O2. The van der Waals surface area contributed by atoms with Crippen LogP contribution in [0.4, 0.5) is 0 Å².